The minimum absolute atomic E-state index is 0.165. The smallest absolute Gasteiger partial charge is 0.316 e. The molecule has 2 rings (SSSR count). The third-order valence-corrected chi connectivity index (χ3v) is 4.76. The van der Waals surface area contributed by atoms with Crippen LogP contribution in [-0.2, 0) is 11.0 Å². The number of anilines is 1. The van der Waals surface area contributed by atoms with E-state index in [-0.39, 0.29) is 10.0 Å². The number of carbonyl (C=O) groups is 1. The third-order valence-electron chi connectivity index (χ3n) is 2.91. The summed E-state index contributed by atoms with van der Waals surface area (Å²) in [6, 6.07) is 3.23. The standard InChI is InChI=1S/C14H14F3N3OS2/c1-8(7-22-2)11(21)20-13-10(14(15,16)17)19-12(23-13)9-4-3-5-18-6-9/h3-6,8H,7H2,1-2H3,(H,20,21). The van der Waals surface area contributed by atoms with E-state index in [2.05, 4.69) is 15.3 Å². The number of carbonyl (C=O) groups excluding carboxylic acids is 1. The highest BCUT2D eigenvalue weighted by Gasteiger charge is 2.38. The molecule has 2 aromatic heterocycles. The molecule has 0 radical (unpaired) electrons. The second-order valence-electron chi connectivity index (χ2n) is 4.78. The number of amides is 1. The van der Waals surface area contributed by atoms with Gasteiger partial charge in [0.1, 0.15) is 10.0 Å². The van der Waals surface area contributed by atoms with Gasteiger partial charge >= 0.3 is 6.18 Å². The van der Waals surface area contributed by atoms with Crippen LogP contribution in [0.15, 0.2) is 24.5 Å². The molecule has 0 bridgehead atoms. The second-order valence-corrected chi connectivity index (χ2v) is 6.69. The first-order valence-corrected chi connectivity index (χ1v) is 8.82. The van der Waals surface area contributed by atoms with Gasteiger partial charge < -0.3 is 5.32 Å². The number of thiazole rings is 1. The monoisotopic (exact) mass is 361 g/mol. The summed E-state index contributed by atoms with van der Waals surface area (Å²) < 4.78 is 39.5. The van der Waals surface area contributed by atoms with E-state index in [0.29, 0.717) is 11.3 Å². The topological polar surface area (TPSA) is 54.9 Å². The van der Waals surface area contributed by atoms with Gasteiger partial charge in [-0.2, -0.15) is 24.9 Å². The van der Waals surface area contributed by atoms with E-state index in [1.165, 1.54) is 24.2 Å². The molecular formula is C14H14F3N3OS2. The molecule has 1 N–H and O–H groups in total. The SMILES string of the molecule is CSCC(C)C(=O)Nc1sc(-c2cccnc2)nc1C(F)(F)F. The normalized spacial score (nSPS) is 12.9. The minimum Gasteiger partial charge on any atom is -0.316 e. The van der Waals surface area contributed by atoms with Crippen LogP contribution in [0.1, 0.15) is 12.6 Å². The number of rotatable bonds is 5. The number of halogens is 3. The van der Waals surface area contributed by atoms with Crippen molar-refractivity contribution < 1.29 is 18.0 Å². The van der Waals surface area contributed by atoms with Gasteiger partial charge in [0, 0.05) is 29.6 Å². The van der Waals surface area contributed by atoms with Crippen LogP contribution >= 0.6 is 23.1 Å². The van der Waals surface area contributed by atoms with Crippen molar-refractivity contribution in [3.63, 3.8) is 0 Å². The van der Waals surface area contributed by atoms with Crippen LogP contribution in [0.5, 0.6) is 0 Å². The molecule has 0 saturated carbocycles. The van der Waals surface area contributed by atoms with Crippen LogP contribution in [0.25, 0.3) is 10.6 Å². The lowest BCUT2D eigenvalue weighted by atomic mass is 10.2. The molecule has 0 aromatic carbocycles. The van der Waals surface area contributed by atoms with Crippen molar-refractivity contribution in [1.82, 2.24) is 9.97 Å². The number of aromatic nitrogens is 2. The highest BCUT2D eigenvalue weighted by Crippen LogP contribution is 2.41. The molecule has 0 aliphatic heterocycles. The molecule has 9 heteroatoms. The summed E-state index contributed by atoms with van der Waals surface area (Å²) in [4.78, 5) is 19.5. The average molecular weight is 361 g/mol. The zero-order valence-corrected chi connectivity index (χ0v) is 14.0. The molecule has 0 fully saturated rings. The summed E-state index contributed by atoms with van der Waals surface area (Å²) in [6.07, 6.45) is 0.149. The van der Waals surface area contributed by atoms with Gasteiger partial charge in [0.05, 0.1) is 0 Å². The van der Waals surface area contributed by atoms with Gasteiger partial charge in [-0.15, -0.1) is 0 Å². The molecule has 0 aliphatic rings. The Bertz CT molecular complexity index is 674. The number of nitrogens with zero attached hydrogens (tertiary/aromatic N) is 2. The van der Waals surface area contributed by atoms with Gasteiger partial charge in [0.25, 0.3) is 0 Å². The van der Waals surface area contributed by atoms with Crippen LogP contribution in [-0.4, -0.2) is 27.9 Å². The summed E-state index contributed by atoms with van der Waals surface area (Å²) in [5, 5.41) is 2.24. The summed E-state index contributed by atoms with van der Waals surface area (Å²) in [6.45, 7) is 1.67. The van der Waals surface area contributed by atoms with Gasteiger partial charge in [-0.1, -0.05) is 18.3 Å². The molecule has 2 aromatic rings. The summed E-state index contributed by atoms with van der Waals surface area (Å²) >= 11 is 2.25. The van der Waals surface area contributed by atoms with E-state index in [0.717, 1.165) is 11.3 Å². The molecule has 2 heterocycles. The highest BCUT2D eigenvalue weighted by molar-refractivity contribution is 7.98. The Balaban J connectivity index is 2.34. The summed E-state index contributed by atoms with van der Waals surface area (Å²) in [5.74, 6) is -0.317. The zero-order chi connectivity index (χ0) is 17.0. The van der Waals surface area contributed by atoms with Gasteiger partial charge in [-0.05, 0) is 18.4 Å². The maximum atomic E-state index is 13.2. The van der Waals surface area contributed by atoms with Gasteiger partial charge in [0.15, 0.2) is 5.69 Å². The first-order chi connectivity index (χ1) is 10.8. The van der Waals surface area contributed by atoms with Crippen LogP contribution in [0.3, 0.4) is 0 Å². The fourth-order valence-electron chi connectivity index (χ4n) is 1.77. The largest absolute Gasteiger partial charge is 0.436 e. The van der Waals surface area contributed by atoms with Crippen molar-refractivity contribution in [2.24, 2.45) is 5.92 Å². The predicted octanol–water partition coefficient (Wildman–Crippen LogP) is 4.16. The van der Waals surface area contributed by atoms with Gasteiger partial charge in [-0.3, -0.25) is 9.78 Å². The molecular weight excluding hydrogens is 347 g/mol. The lowest BCUT2D eigenvalue weighted by Gasteiger charge is -2.11. The molecule has 0 saturated heterocycles. The van der Waals surface area contributed by atoms with Crippen molar-refractivity contribution in [3.05, 3.63) is 30.2 Å². The molecule has 23 heavy (non-hydrogen) atoms. The van der Waals surface area contributed by atoms with Crippen molar-refractivity contribution in [2.45, 2.75) is 13.1 Å². The summed E-state index contributed by atoms with van der Waals surface area (Å²) in [5.41, 5.74) is -0.605. The first kappa shape index (κ1) is 17.7. The maximum Gasteiger partial charge on any atom is 0.436 e. The number of nitrogens with one attached hydrogen (secondary N) is 1. The van der Waals surface area contributed by atoms with E-state index in [1.807, 2.05) is 6.26 Å². The van der Waals surface area contributed by atoms with Crippen molar-refractivity contribution >= 4 is 34.0 Å². The van der Waals surface area contributed by atoms with Crippen LogP contribution in [0, 0.1) is 5.92 Å². The van der Waals surface area contributed by atoms with Crippen LogP contribution in [0.2, 0.25) is 0 Å². The number of hydrogen-bond acceptors (Lipinski definition) is 5. The predicted molar refractivity (Wildman–Crippen MR) is 86.5 cm³/mol. The fraction of sp³-hybridized carbons (Fsp3) is 0.357. The molecule has 1 amide bonds. The van der Waals surface area contributed by atoms with E-state index >= 15 is 0 Å². The molecule has 4 nitrogen and oxygen atoms in total. The van der Waals surface area contributed by atoms with E-state index < -0.39 is 23.7 Å². The Labute approximate surface area is 139 Å². The number of hydrogen-bond donors (Lipinski definition) is 1. The fourth-order valence-corrected chi connectivity index (χ4v) is 3.40. The van der Waals surface area contributed by atoms with Gasteiger partial charge in [-0.25, -0.2) is 4.98 Å². The summed E-state index contributed by atoms with van der Waals surface area (Å²) in [7, 11) is 0. The number of pyridine rings is 1. The van der Waals surface area contributed by atoms with E-state index in [1.54, 1.807) is 19.1 Å². The number of thioether (sulfide) groups is 1. The molecule has 0 spiro atoms. The third kappa shape index (κ3) is 4.44. The Morgan fingerprint density at radius 3 is 2.78 bits per heavy atom. The van der Waals surface area contributed by atoms with E-state index in [4.69, 9.17) is 0 Å². The Hall–Kier alpha value is -1.61. The molecule has 0 aliphatic carbocycles. The quantitative estimate of drug-likeness (QED) is 0.869. The molecule has 1 atom stereocenters. The zero-order valence-electron chi connectivity index (χ0n) is 12.3. The Morgan fingerprint density at radius 2 is 2.22 bits per heavy atom. The number of alkyl halides is 3. The maximum absolute atomic E-state index is 13.2. The van der Waals surface area contributed by atoms with Gasteiger partial charge in [0.2, 0.25) is 5.91 Å². The van der Waals surface area contributed by atoms with Crippen LogP contribution < -0.4 is 5.32 Å². The second kappa shape index (κ2) is 7.31. The van der Waals surface area contributed by atoms with Crippen molar-refractivity contribution in [3.8, 4) is 10.6 Å². The molecule has 1 unspecified atom stereocenters. The van der Waals surface area contributed by atoms with Crippen LogP contribution in [0.4, 0.5) is 18.2 Å². The Morgan fingerprint density at radius 1 is 1.48 bits per heavy atom. The lowest BCUT2D eigenvalue weighted by Crippen LogP contribution is -2.23. The van der Waals surface area contributed by atoms with E-state index in [9.17, 15) is 18.0 Å². The van der Waals surface area contributed by atoms with Crippen molar-refractivity contribution in [2.75, 3.05) is 17.3 Å². The highest BCUT2D eigenvalue weighted by atomic mass is 32.2. The average Bonchev–Trinajstić information content (AvgIpc) is 2.92. The lowest BCUT2D eigenvalue weighted by molar-refractivity contribution is -0.140. The molecule has 124 valence electrons. The Kier molecular flexibility index (Phi) is 5.64. The first-order valence-electron chi connectivity index (χ1n) is 6.61. The van der Waals surface area contributed by atoms with Crippen molar-refractivity contribution in [1.29, 1.82) is 0 Å². The minimum atomic E-state index is -4.64.